The number of sulfonamides is 1. The summed E-state index contributed by atoms with van der Waals surface area (Å²) in [6.07, 6.45) is 1.37. The number of benzene rings is 1. The quantitative estimate of drug-likeness (QED) is 0.783. The smallest absolute Gasteiger partial charge is 0.287 e. The summed E-state index contributed by atoms with van der Waals surface area (Å²) in [6.45, 7) is 0.103. The SMILES string of the molecule is O=C(NCCNS(=O)(=O)c1ccc(F)cc1)c1ccco1. The van der Waals surface area contributed by atoms with Crippen LogP contribution in [0.5, 0.6) is 0 Å². The summed E-state index contributed by atoms with van der Waals surface area (Å²) in [7, 11) is -3.72. The Morgan fingerprint density at radius 2 is 1.86 bits per heavy atom. The molecule has 2 N–H and O–H groups in total. The molecule has 0 bridgehead atoms. The predicted molar refractivity (Wildman–Crippen MR) is 72.6 cm³/mol. The summed E-state index contributed by atoms with van der Waals surface area (Å²) < 4.78 is 43.6. The topological polar surface area (TPSA) is 88.4 Å². The summed E-state index contributed by atoms with van der Waals surface area (Å²) in [5, 5.41) is 2.50. The molecule has 1 aromatic carbocycles. The maximum absolute atomic E-state index is 12.7. The van der Waals surface area contributed by atoms with Crippen molar-refractivity contribution in [3.63, 3.8) is 0 Å². The van der Waals surface area contributed by atoms with Crippen LogP contribution in [0.1, 0.15) is 10.6 Å². The van der Waals surface area contributed by atoms with Crippen molar-refractivity contribution in [3.8, 4) is 0 Å². The van der Waals surface area contributed by atoms with Gasteiger partial charge >= 0.3 is 0 Å². The molecule has 0 radical (unpaired) electrons. The lowest BCUT2D eigenvalue weighted by molar-refractivity contribution is 0.0926. The van der Waals surface area contributed by atoms with E-state index in [1.54, 1.807) is 6.07 Å². The van der Waals surface area contributed by atoms with Crippen LogP contribution < -0.4 is 10.0 Å². The summed E-state index contributed by atoms with van der Waals surface area (Å²) in [5.74, 6) is -0.794. The molecule has 6 nitrogen and oxygen atoms in total. The molecule has 2 rings (SSSR count). The van der Waals surface area contributed by atoms with Crippen LogP contribution in [-0.4, -0.2) is 27.4 Å². The van der Waals surface area contributed by atoms with Crippen molar-refractivity contribution in [2.24, 2.45) is 0 Å². The Morgan fingerprint density at radius 1 is 1.14 bits per heavy atom. The maximum Gasteiger partial charge on any atom is 0.287 e. The molecule has 0 aliphatic heterocycles. The van der Waals surface area contributed by atoms with Crippen molar-refractivity contribution in [2.45, 2.75) is 4.90 Å². The second-order valence-electron chi connectivity index (χ2n) is 4.08. The second-order valence-corrected chi connectivity index (χ2v) is 5.85. The molecule has 0 unspecified atom stereocenters. The van der Waals surface area contributed by atoms with Crippen LogP contribution >= 0.6 is 0 Å². The summed E-state index contributed by atoms with van der Waals surface area (Å²) in [5.41, 5.74) is 0. The Balaban J connectivity index is 1.82. The molecule has 112 valence electrons. The highest BCUT2D eigenvalue weighted by Crippen LogP contribution is 2.08. The minimum absolute atomic E-state index is 0.00611. The van der Waals surface area contributed by atoms with Crippen LogP contribution in [0.4, 0.5) is 4.39 Å². The van der Waals surface area contributed by atoms with Crippen molar-refractivity contribution in [3.05, 3.63) is 54.2 Å². The van der Waals surface area contributed by atoms with Crippen molar-refractivity contribution < 1.29 is 22.0 Å². The molecule has 8 heteroatoms. The molecule has 0 aliphatic rings. The van der Waals surface area contributed by atoms with Crippen molar-refractivity contribution >= 4 is 15.9 Å². The number of hydrogen-bond acceptors (Lipinski definition) is 4. The number of amides is 1. The van der Waals surface area contributed by atoms with E-state index in [1.165, 1.54) is 24.5 Å². The number of carbonyl (C=O) groups excluding carboxylic acids is 1. The molecule has 0 saturated heterocycles. The summed E-state index contributed by atoms with van der Waals surface area (Å²) in [4.78, 5) is 11.5. The third-order valence-corrected chi connectivity index (χ3v) is 4.05. The number of nitrogens with one attached hydrogen (secondary N) is 2. The fourth-order valence-electron chi connectivity index (χ4n) is 1.55. The van der Waals surface area contributed by atoms with Crippen LogP contribution in [0.15, 0.2) is 52.0 Å². The lowest BCUT2D eigenvalue weighted by Gasteiger charge is -2.07. The zero-order valence-electron chi connectivity index (χ0n) is 10.9. The van der Waals surface area contributed by atoms with Gasteiger partial charge in [-0.05, 0) is 36.4 Å². The Labute approximate surface area is 121 Å². The number of hydrogen-bond donors (Lipinski definition) is 2. The zero-order chi connectivity index (χ0) is 15.3. The molecule has 1 aromatic heterocycles. The Hall–Kier alpha value is -2.19. The fraction of sp³-hybridized carbons (Fsp3) is 0.154. The number of carbonyl (C=O) groups is 1. The molecular formula is C13H13FN2O4S. The van der Waals surface area contributed by atoms with Crippen LogP contribution in [-0.2, 0) is 10.0 Å². The molecule has 1 amide bonds. The van der Waals surface area contributed by atoms with Gasteiger partial charge in [0.2, 0.25) is 10.0 Å². The lowest BCUT2D eigenvalue weighted by Crippen LogP contribution is -2.34. The maximum atomic E-state index is 12.7. The highest BCUT2D eigenvalue weighted by molar-refractivity contribution is 7.89. The van der Waals surface area contributed by atoms with Crippen molar-refractivity contribution in [1.82, 2.24) is 10.0 Å². The molecule has 0 atom stereocenters. The van der Waals surface area contributed by atoms with E-state index in [2.05, 4.69) is 10.0 Å². The first-order valence-corrected chi connectivity index (χ1v) is 7.54. The second kappa shape index (κ2) is 6.51. The average Bonchev–Trinajstić information content (AvgIpc) is 2.98. The van der Waals surface area contributed by atoms with Gasteiger partial charge in [-0.15, -0.1) is 0 Å². The highest BCUT2D eigenvalue weighted by atomic mass is 32.2. The standard InChI is InChI=1S/C13H13FN2O4S/c14-10-3-5-11(6-4-10)21(18,19)16-8-7-15-13(17)12-2-1-9-20-12/h1-6,9,16H,7-8H2,(H,15,17). The Bertz CT molecular complexity index is 696. The van der Waals surface area contributed by atoms with Gasteiger partial charge in [0.1, 0.15) is 5.82 Å². The predicted octanol–water partition coefficient (Wildman–Crippen LogP) is 1.13. The number of furan rings is 1. The van der Waals surface area contributed by atoms with Crippen LogP contribution in [0, 0.1) is 5.82 Å². The minimum atomic E-state index is -3.72. The highest BCUT2D eigenvalue weighted by Gasteiger charge is 2.13. The first kappa shape index (κ1) is 15.2. The van der Waals surface area contributed by atoms with Crippen LogP contribution in [0.3, 0.4) is 0 Å². The van der Waals surface area contributed by atoms with E-state index >= 15 is 0 Å². The van der Waals surface area contributed by atoms with E-state index in [4.69, 9.17) is 4.42 Å². The zero-order valence-corrected chi connectivity index (χ0v) is 11.7. The van der Waals surface area contributed by atoms with E-state index < -0.39 is 21.7 Å². The van der Waals surface area contributed by atoms with Gasteiger partial charge in [-0.2, -0.15) is 0 Å². The normalized spacial score (nSPS) is 11.3. The molecule has 0 fully saturated rings. The Kier molecular flexibility index (Phi) is 4.71. The first-order valence-electron chi connectivity index (χ1n) is 6.06. The fourth-order valence-corrected chi connectivity index (χ4v) is 2.59. The third-order valence-electron chi connectivity index (χ3n) is 2.57. The van der Waals surface area contributed by atoms with Crippen LogP contribution in [0.2, 0.25) is 0 Å². The molecule has 0 aliphatic carbocycles. The molecule has 2 aromatic rings. The van der Waals surface area contributed by atoms with E-state index in [-0.39, 0.29) is 23.7 Å². The Morgan fingerprint density at radius 3 is 2.48 bits per heavy atom. The van der Waals surface area contributed by atoms with Gasteiger partial charge in [0.25, 0.3) is 5.91 Å². The molecule has 0 saturated carbocycles. The molecular weight excluding hydrogens is 299 g/mol. The summed E-state index contributed by atoms with van der Waals surface area (Å²) in [6, 6.07) is 7.53. The first-order chi connectivity index (χ1) is 9.99. The summed E-state index contributed by atoms with van der Waals surface area (Å²) >= 11 is 0. The van der Waals surface area contributed by atoms with Crippen LogP contribution in [0.25, 0.3) is 0 Å². The van der Waals surface area contributed by atoms with E-state index in [1.807, 2.05) is 0 Å². The van der Waals surface area contributed by atoms with E-state index in [9.17, 15) is 17.6 Å². The third kappa shape index (κ3) is 4.14. The monoisotopic (exact) mass is 312 g/mol. The largest absolute Gasteiger partial charge is 0.459 e. The van der Waals surface area contributed by atoms with Gasteiger partial charge in [-0.1, -0.05) is 0 Å². The van der Waals surface area contributed by atoms with Gasteiger partial charge in [0.05, 0.1) is 11.2 Å². The number of halogens is 1. The van der Waals surface area contributed by atoms with Crippen molar-refractivity contribution in [2.75, 3.05) is 13.1 Å². The molecule has 1 heterocycles. The van der Waals surface area contributed by atoms with E-state index in [0.29, 0.717) is 0 Å². The minimum Gasteiger partial charge on any atom is -0.459 e. The van der Waals surface area contributed by atoms with Crippen molar-refractivity contribution in [1.29, 1.82) is 0 Å². The van der Waals surface area contributed by atoms with Gasteiger partial charge in [-0.25, -0.2) is 17.5 Å². The van der Waals surface area contributed by atoms with Gasteiger partial charge in [0, 0.05) is 13.1 Å². The average molecular weight is 312 g/mol. The van der Waals surface area contributed by atoms with Gasteiger partial charge in [0.15, 0.2) is 5.76 Å². The van der Waals surface area contributed by atoms with Gasteiger partial charge in [-0.3, -0.25) is 4.79 Å². The molecule has 21 heavy (non-hydrogen) atoms. The van der Waals surface area contributed by atoms with Gasteiger partial charge < -0.3 is 9.73 Å². The number of rotatable bonds is 6. The van der Waals surface area contributed by atoms with E-state index in [0.717, 1.165) is 12.1 Å². The lowest BCUT2D eigenvalue weighted by atomic mass is 10.4. The molecule has 0 spiro atoms.